The Kier molecular flexibility index (Phi) is 5.41. The smallest absolute Gasteiger partial charge is 0.305 e. The lowest BCUT2D eigenvalue weighted by Crippen LogP contribution is -2.38. The average molecular weight is 243 g/mol. The number of amides is 1. The lowest BCUT2D eigenvalue weighted by Gasteiger charge is -2.17. The standard InChI is InChI=1S/C12H21NO4/c1-8(17-2)3-6-11(14)13-10(7-12(15)16)9-4-5-9/h8-10H,3-7H2,1-2H3,(H,13,14)(H,15,16). The number of nitrogens with one attached hydrogen (secondary N) is 1. The summed E-state index contributed by atoms with van der Waals surface area (Å²) in [5.41, 5.74) is 0. The van der Waals surface area contributed by atoms with E-state index in [1.807, 2.05) is 6.92 Å². The van der Waals surface area contributed by atoms with E-state index in [1.54, 1.807) is 7.11 Å². The Balaban J connectivity index is 2.28. The number of carboxylic acid groups (broad SMARTS) is 1. The third-order valence-electron chi connectivity index (χ3n) is 3.11. The number of carboxylic acids is 1. The van der Waals surface area contributed by atoms with Crippen LogP contribution in [0.2, 0.25) is 0 Å². The van der Waals surface area contributed by atoms with E-state index < -0.39 is 5.97 Å². The molecule has 0 aromatic heterocycles. The van der Waals surface area contributed by atoms with E-state index in [2.05, 4.69) is 5.32 Å². The summed E-state index contributed by atoms with van der Waals surface area (Å²) in [7, 11) is 1.61. The number of carbonyl (C=O) groups excluding carboxylic acids is 1. The van der Waals surface area contributed by atoms with Gasteiger partial charge in [-0.3, -0.25) is 9.59 Å². The molecular formula is C12H21NO4. The van der Waals surface area contributed by atoms with Crippen molar-refractivity contribution < 1.29 is 19.4 Å². The van der Waals surface area contributed by atoms with Crippen LogP contribution in [0.1, 0.15) is 39.0 Å². The second-order valence-corrected chi connectivity index (χ2v) is 4.69. The van der Waals surface area contributed by atoms with E-state index in [0.717, 1.165) is 12.8 Å². The van der Waals surface area contributed by atoms with Crippen molar-refractivity contribution in [2.75, 3.05) is 7.11 Å². The maximum Gasteiger partial charge on any atom is 0.305 e. The topological polar surface area (TPSA) is 75.6 Å². The van der Waals surface area contributed by atoms with Gasteiger partial charge in [-0.2, -0.15) is 0 Å². The van der Waals surface area contributed by atoms with Crippen molar-refractivity contribution in [3.8, 4) is 0 Å². The lowest BCUT2D eigenvalue weighted by atomic mass is 10.1. The van der Waals surface area contributed by atoms with Crippen molar-refractivity contribution >= 4 is 11.9 Å². The van der Waals surface area contributed by atoms with Gasteiger partial charge in [0, 0.05) is 19.6 Å². The highest BCUT2D eigenvalue weighted by atomic mass is 16.5. The summed E-state index contributed by atoms with van der Waals surface area (Å²) in [5.74, 6) is -0.575. The number of methoxy groups -OCH3 is 1. The van der Waals surface area contributed by atoms with Crippen molar-refractivity contribution in [1.29, 1.82) is 0 Å². The van der Waals surface area contributed by atoms with Gasteiger partial charge in [-0.15, -0.1) is 0 Å². The van der Waals surface area contributed by atoms with Gasteiger partial charge in [-0.25, -0.2) is 0 Å². The molecule has 2 unspecified atom stereocenters. The number of hydrogen-bond acceptors (Lipinski definition) is 3. The number of rotatable bonds is 8. The van der Waals surface area contributed by atoms with Gasteiger partial charge in [0.05, 0.1) is 12.5 Å². The molecule has 0 aromatic carbocycles. The highest BCUT2D eigenvalue weighted by Crippen LogP contribution is 2.34. The molecule has 2 atom stereocenters. The van der Waals surface area contributed by atoms with Crippen LogP contribution in [0.5, 0.6) is 0 Å². The van der Waals surface area contributed by atoms with Crippen LogP contribution in [0.25, 0.3) is 0 Å². The first-order chi connectivity index (χ1) is 8.02. The summed E-state index contributed by atoms with van der Waals surface area (Å²) in [6.07, 6.45) is 3.17. The van der Waals surface area contributed by atoms with Crippen LogP contribution in [0, 0.1) is 5.92 Å². The van der Waals surface area contributed by atoms with Gasteiger partial charge >= 0.3 is 5.97 Å². The Morgan fingerprint density at radius 3 is 2.59 bits per heavy atom. The van der Waals surface area contributed by atoms with Gasteiger partial charge < -0.3 is 15.2 Å². The summed E-state index contributed by atoms with van der Waals surface area (Å²) < 4.78 is 5.06. The molecule has 0 bridgehead atoms. The Morgan fingerprint density at radius 1 is 1.47 bits per heavy atom. The molecule has 1 aliphatic carbocycles. The molecule has 0 aliphatic heterocycles. The highest BCUT2D eigenvalue weighted by Gasteiger charge is 2.33. The van der Waals surface area contributed by atoms with Gasteiger partial charge in [0.15, 0.2) is 0 Å². The number of aliphatic carboxylic acids is 1. The molecule has 1 rings (SSSR count). The van der Waals surface area contributed by atoms with Crippen LogP contribution in [0.4, 0.5) is 0 Å². The third kappa shape index (κ3) is 5.68. The van der Waals surface area contributed by atoms with E-state index >= 15 is 0 Å². The van der Waals surface area contributed by atoms with Crippen LogP contribution in [-0.2, 0) is 14.3 Å². The van der Waals surface area contributed by atoms with Crippen LogP contribution >= 0.6 is 0 Å². The molecule has 1 fully saturated rings. The average Bonchev–Trinajstić information content (AvgIpc) is 3.08. The van der Waals surface area contributed by atoms with Crippen molar-refractivity contribution in [3.05, 3.63) is 0 Å². The maximum absolute atomic E-state index is 11.6. The first-order valence-corrected chi connectivity index (χ1v) is 6.07. The molecule has 0 heterocycles. The summed E-state index contributed by atoms with van der Waals surface area (Å²) in [4.78, 5) is 22.3. The van der Waals surface area contributed by atoms with Crippen molar-refractivity contribution in [1.82, 2.24) is 5.32 Å². The minimum Gasteiger partial charge on any atom is -0.481 e. The zero-order valence-corrected chi connectivity index (χ0v) is 10.4. The zero-order valence-electron chi connectivity index (χ0n) is 10.4. The molecule has 17 heavy (non-hydrogen) atoms. The second-order valence-electron chi connectivity index (χ2n) is 4.69. The zero-order chi connectivity index (χ0) is 12.8. The number of hydrogen-bond donors (Lipinski definition) is 2. The monoisotopic (exact) mass is 243 g/mol. The Bertz CT molecular complexity index is 276. The number of carbonyl (C=O) groups is 2. The second kappa shape index (κ2) is 6.59. The van der Waals surface area contributed by atoms with E-state index in [0.29, 0.717) is 18.8 Å². The van der Waals surface area contributed by atoms with Crippen LogP contribution in [0.15, 0.2) is 0 Å². The molecule has 1 aliphatic rings. The molecule has 98 valence electrons. The van der Waals surface area contributed by atoms with Gasteiger partial charge in [0.1, 0.15) is 0 Å². The van der Waals surface area contributed by atoms with Crippen molar-refractivity contribution in [2.45, 2.75) is 51.2 Å². The molecular weight excluding hydrogens is 222 g/mol. The fraction of sp³-hybridized carbons (Fsp3) is 0.833. The van der Waals surface area contributed by atoms with Gasteiger partial charge in [0.25, 0.3) is 0 Å². The van der Waals surface area contributed by atoms with Crippen LogP contribution < -0.4 is 5.32 Å². The molecule has 0 radical (unpaired) electrons. The van der Waals surface area contributed by atoms with E-state index in [4.69, 9.17) is 9.84 Å². The quantitative estimate of drug-likeness (QED) is 0.671. The van der Waals surface area contributed by atoms with E-state index in [9.17, 15) is 9.59 Å². The van der Waals surface area contributed by atoms with Gasteiger partial charge in [-0.1, -0.05) is 0 Å². The Hall–Kier alpha value is -1.10. The normalized spacial score (nSPS) is 18.5. The summed E-state index contributed by atoms with van der Waals surface area (Å²) in [6, 6.07) is -0.196. The lowest BCUT2D eigenvalue weighted by molar-refractivity contribution is -0.137. The predicted octanol–water partition coefficient (Wildman–Crippen LogP) is 1.17. The Labute approximate surface area is 102 Å². The third-order valence-corrected chi connectivity index (χ3v) is 3.11. The molecule has 5 heteroatoms. The van der Waals surface area contributed by atoms with Gasteiger partial charge in [-0.05, 0) is 32.1 Å². The molecule has 1 saturated carbocycles. The fourth-order valence-electron chi connectivity index (χ4n) is 1.75. The van der Waals surface area contributed by atoms with E-state index in [1.165, 1.54) is 0 Å². The molecule has 0 aromatic rings. The fourth-order valence-corrected chi connectivity index (χ4v) is 1.75. The summed E-state index contributed by atoms with van der Waals surface area (Å²) in [5, 5.41) is 11.6. The SMILES string of the molecule is COC(C)CCC(=O)NC(CC(=O)O)C1CC1. The Morgan fingerprint density at radius 2 is 2.12 bits per heavy atom. The molecule has 0 saturated heterocycles. The number of ether oxygens (including phenoxy) is 1. The van der Waals surface area contributed by atoms with Crippen molar-refractivity contribution in [3.63, 3.8) is 0 Å². The first-order valence-electron chi connectivity index (χ1n) is 6.07. The van der Waals surface area contributed by atoms with Crippen LogP contribution in [0.3, 0.4) is 0 Å². The van der Waals surface area contributed by atoms with Crippen LogP contribution in [-0.4, -0.2) is 36.2 Å². The highest BCUT2D eigenvalue weighted by molar-refractivity contribution is 5.77. The minimum absolute atomic E-state index is 0.0240. The first kappa shape index (κ1) is 14.0. The maximum atomic E-state index is 11.6. The van der Waals surface area contributed by atoms with E-state index in [-0.39, 0.29) is 24.5 Å². The largest absolute Gasteiger partial charge is 0.481 e. The van der Waals surface area contributed by atoms with Gasteiger partial charge in [0.2, 0.25) is 5.91 Å². The van der Waals surface area contributed by atoms with Crippen molar-refractivity contribution in [2.24, 2.45) is 5.92 Å². The summed E-state index contributed by atoms with van der Waals surface area (Å²) in [6.45, 7) is 1.91. The predicted molar refractivity (Wildman–Crippen MR) is 62.6 cm³/mol. The molecule has 0 spiro atoms. The molecule has 1 amide bonds. The molecule has 5 nitrogen and oxygen atoms in total. The minimum atomic E-state index is -0.854. The molecule has 2 N–H and O–H groups in total. The summed E-state index contributed by atoms with van der Waals surface area (Å²) >= 11 is 0.